The van der Waals surface area contributed by atoms with E-state index in [-0.39, 0.29) is 0 Å². The first-order chi connectivity index (χ1) is 11.4. The van der Waals surface area contributed by atoms with E-state index in [4.69, 9.17) is 4.74 Å². The Morgan fingerprint density at radius 1 is 1.04 bits per heavy atom. The first kappa shape index (κ1) is 19.2. The van der Waals surface area contributed by atoms with Gasteiger partial charge in [-0.05, 0) is 50.1 Å². The lowest BCUT2D eigenvalue weighted by Gasteiger charge is -2.34. The Labute approximate surface area is 146 Å². The Morgan fingerprint density at radius 3 is 2.29 bits per heavy atom. The smallest absolute Gasteiger partial charge is 0.243 e. The van der Waals surface area contributed by atoms with Crippen molar-refractivity contribution in [2.45, 2.75) is 44.9 Å². The lowest BCUT2D eigenvalue weighted by Crippen LogP contribution is -2.48. The normalized spacial score (nSPS) is 17.2. The summed E-state index contributed by atoms with van der Waals surface area (Å²) in [5.74, 6) is 0.729. The molecule has 1 aliphatic heterocycles. The van der Waals surface area contributed by atoms with Crippen LogP contribution in [-0.4, -0.2) is 57.5 Å². The third-order valence-corrected chi connectivity index (χ3v) is 6.76. The van der Waals surface area contributed by atoms with Crippen molar-refractivity contribution in [3.05, 3.63) is 23.3 Å². The molecule has 1 aromatic rings. The second kappa shape index (κ2) is 8.32. The summed E-state index contributed by atoms with van der Waals surface area (Å²) in [6.45, 7) is 9.75. The van der Waals surface area contributed by atoms with Crippen molar-refractivity contribution in [2.24, 2.45) is 0 Å². The van der Waals surface area contributed by atoms with Crippen molar-refractivity contribution in [3.63, 3.8) is 0 Å². The van der Waals surface area contributed by atoms with Crippen LogP contribution in [0.15, 0.2) is 17.0 Å². The highest BCUT2D eigenvalue weighted by molar-refractivity contribution is 7.89. The second-order valence-electron chi connectivity index (χ2n) is 6.54. The highest BCUT2D eigenvalue weighted by Gasteiger charge is 2.29. The molecular formula is C18H30N2O3S. The van der Waals surface area contributed by atoms with Gasteiger partial charge >= 0.3 is 0 Å². The summed E-state index contributed by atoms with van der Waals surface area (Å²) in [7, 11) is -1.83. The van der Waals surface area contributed by atoms with Crippen LogP contribution in [0.2, 0.25) is 0 Å². The first-order valence-electron chi connectivity index (χ1n) is 8.78. The number of hydrogen-bond donors (Lipinski definition) is 0. The number of benzene rings is 1. The van der Waals surface area contributed by atoms with Crippen molar-refractivity contribution in [1.82, 2.24) is 9.21 Å². The van der Waals surface area contributed by atoms with E-state index in [1.54, 1.807) is 17.5 Å². The number of piperazine rings is 1. The van der Waals surface area contributed by atoms with Crippen molar-refractivity contribution in [1.29, 1.82) is 0 Å². The number of rotatable bonds is 7. The van der Waals surface area contributed by atoms with Crippen molar-refractivity contribution in [3.8, 4) is 5.75 Å². The molecule has 0 atom stereocenters. The summed E-state index contributed by atoms with van der Waals surface area (Å²) in [6.07, 6.45) is 3.65. The summed E-state index contributed by atoms with van der Waals surface area (Å²) in [5.41, 5.74) is 1.59. The molecule has 0 N–H and O–H groups in total. The lowest BCUT2D eigenvalue weighted by molar-refractivity contribution is 0.185. The summed E-state index contributed by atoms with van der Waals surface area (Å²) >= 11 is 0. The average Bonchev–Trinajstić information content (AvgIpc) is 2.57. The van der Waals surface area contributed by atoms with Crippen molar-refractivity contribution >= 4 is 10.0 Å². The maximum absolute atomic E-state index is 13.0. The summed E-state index contributed by atoms with van der Waals surface area (Å²) in [5, 5.41) is 0. The van der Waals surface area contributed by atoms with Gasteiger partial charge in [0.2, 0.25) is 10.0 Å². The standard InChI is InChI=1S/C18H30N2O3S/c1-5-6-7-8-19-9-11-20(12-10-19)24(21,22)18-14-15(2)17(23-4)13-16(18)3/h13-14H,5-12H2,1-4H3. The highest BCUT2D eigenvalue weighted by atomic mass is 32.2. The van der Waals surface area contributed by atoms with E-state index in [1.165, 1.54) is 19.3 Å². The molecule has 0 amide bonds. The molecular weight excluding hydrogens is 324 g/mol. The van der Waals surface area contributed by atoms with Crippen LogP contribution >= 0.6 is 0 Å². The molecule has 1 fully saturated rings. The number of sulfonamides is 1. The topological polar surface area (TPSA) is 49.9 Å². The molecule has 0 bridgehead atoms. The van der Waals surface area contributed by atoms with E-state index in [9.17, 15) is 8.42 Å². The summed E-state index contributed by atoms with van der Waals surface area (Å²) in [4.78, 5) is 2.77. The Hall–Kier alpha value is -1.11. The minimum atomic E-state index is -3.44. The molecule has 0 unspecified atom stereocenters. The fourth-order valence-corrected chi connectivity index (χ4v) is 4.89. The van der Waals surface area contributed by atoms with E-state index < -0.39 is 10.0 Å². The second-order valence-corrected chi connectivity index (χ2v) is 8.45. The Morgan fingerprint density at radius 2 is 1.71 bits per heavy atom. The Bertz CT molecular complexity index is 650. The minimum absolute atomic E-state index is 0.403. The molecule has 0 radical (unpaired) electrons. The number of unbranched alkanes of at least 4 members (excludes halogenated alkanes) is 2. The van der Waals surface area contributed by atoms with Gasteiger partial charge in [-0.1, -0.05) is 19.8 Å². The van der Waals surface area contributed by atoms with Gasteiger partial charge < -0.3 is 9.64 Å². The van der Waals surface area contributed by atoms with E-state index >= 15 is 0 Å². The third kappa shape index (κ3) is 4.29. The van der Waals surface area contributed by atoms with Gasteiger partial charge in [0.05, 0.1) is 12.0 Å². The molecule has 5 nitrogen and oxygen atoms in total. The van der Waals surface area contributed by atoms with Gasteiger partial charge in [-0.15, -0.1) is 0 Å². The van der Waals surface area contributed by atoms with Gasteiger partial charge in [-0.25, -0.2) is 8.42 Å². The number of nitrogens with zero attached hydrogens (tertiary/aromatic N) is 2. The number of methoxy groups -OCH3 is 1. The zero-order valence-electron chi connectivity index (χ0n) is 15.3. The molecule has 1 saturated heterocycles. The number of hydrogen-bond acceptors (Lipinski definition) is 4. The molecule has 0 aromatic heterocycles. The Kier molecular flexibility index (Phi) is 6.66. The molecule has 24 heavy (non-hydrogen) atoms. The third-order valence-electron chi connectivity index (χ3n) is 4.72. The first-order valence-corrected chi connectivity index (χ1v) is 10.2. The molecule has 136 valence electrons. The van der Waals surface area contributed by atoms with Gasteiger partial charge in [0, 0.05) is 26.2 Å². The minimum Gasteiger partial charge on any atom is -0.496 e. The lowest BCUT2D eigenvalue weighted by atomic mass is 10.1. The number of ether oxygens (including phenoxy) is 1. The fraction of sp³-hybridized carbons (Fsp3) is 0.667. The molecule has 1 heterocycles. The van der Waals surface area contributed by atoms with Crippen LogP contribution < -0.4 is 4.74 Å². The monoisotopic (exact) mass is 354 g/mol. The molecule has 1 aromatic carbocycles. The number of aryl methyl sites for hydroxylation is 2. The van der Waals surface area contributed by atoms with Crippen LogP contribution in [-0.2, 0) is 10.0 Å². The Balaban J connectivity index is 2.08. The van der Waals surface area contributed by atoms with Gasteiger partial charge in [0.15, 0.2) is 0 Å². The predicted molar refractivity (Wildman–Crippen MR) is 97.2 cm³/mol. The van der Waals surface area contributed by atoms with Gasteiger partial charge in [0.25, 0.3) is 0 Å². The predicted octanol–water partition coefficient (Wildman–Crippen LogP) is 2.81. The van der Waals surface area contributed by atoms with E-state index in [0.29, 0.717) is 18.0 Å². The quantitative estimate of drug-likeness (QED) is 0.707. The summed E-state index contributed by atoms with van der Waals surface area (Å²) in [6, 6.07) is 3.54. The molecule has 2 rings (SSSR count). The molecule has 0 saturated carbocycles. The maximum atomic E-state index is 13.0. The molecule has 6 heteroatoms. The van der Waals surface area contributed by atoms with Crippen LogP contribution in [0.3, 0.4) is 0 Å². The van der Waals surface area contributed by atoms with Crippen molar-refractivity contribution in [2.75, 3.05) is 39.8 Å². The fourth-order valence-electron chi connectivity index (χ4n) is 3.18. The van der Waals surface area contributed by atoms with Crippen LogP contribution in [0.25, 0.3) is 0 Å². The zero-order chi connectivity index (χ0) is 17.7. The van der Waals surface area contributed by atoms with Gasteiger partial charge in [0.1, 0.15) is 5.75 Å². The summed E-state index contributed by atoms with van der Waals surface area (Å²) < 4.78 is 32.9. The maximum Gasteiger partial charge on any atom is 0.243 e. The van der Waals surface area contributed by atoms with Crippen LogP contribution in [0, 0.1) is 13.8 Å². The van der Waals surface area contributed by atoms with E-state index in [2.05, 4.69) is 11.8 Å². The van der Waals surface area contributed by atoms with E-state index in [1.807, 2.05) is 19.9 Å². The van der Waals surface area contributed by atoms with Crippen LogP contribution in [0.1, 0.15) is 37.3 Å². The van der Waals surface area contributed by atoms with Crippen LogP contribution in [0.4, 0.5) is 0 Å². The van der Waals surface area contributed by atoms with Crippen molar-refractivity contribution < 1.29 is 13.2 Å². The van der Waals surface area contributed by atoms with Crippen LogP contribution in [0.5, 0.6) is 5.75 Å². The molecule has 0 aliphatic carbocycles. The highest BCUT2D eigenvalue weighted by Crippen LogP contribution is 2.28. The zero-order valence-corrected chi connectivity index (χ0v) is 16.2. The van der Waals surface area contributed by atoms with Gasteiger partial charge in [-0.2, -0.15) is 4.31 Å². The molecule has 1 aliphatic rings. The van der Waals surface area contributed by atoms with E-state index in [0.717, 1.165) is 36.5 Å². The largest absolute Gasteiger partial charge is 0.496 e. The molecule has 0 spiro atoms. The average molecular weight is 355 g/mol. The van der Waals surface area contributed by atoms with Gasteiger partial charge in [-0.3, -0.25) is 0 Å². The SMILES string of the molecule is CCCCCN1CCN(S(=O)(=O)c2cc(C)c(OC)cc2C)CC1.